The number of ether oxygens (including phenoxy) is 1. The highest BCUT2D eigenvalue weighted by Crippen LogP contribution is 2.33. The Bertz CT molecular complexity index is 456. The van der Waals surface area contributed by atoms with Gasteiger partial charge in [0.05, 0.1) is 0 Å². The first-order chi connectivity index (χ1) is 8.92. The number of hydrogen-bond donors (Lipinski definition) is 0. The van der Waals surface area contributed by atoms with E-state index in [9.17, 15) is 18.0 Å². The van der Waals surface area contributed by atoms with E-state index in [-0.39, 0.29) is 17.9 Å². The summed E-state index contributed by atoms with van der Waals surface area (Å²) in [5.74, 6) is -1.27. The standard InChI is InChI=1S/C14H17F3O2/c1-4-9-10(5-6-18)11(8(2)3)7-12(13(9)15)19-14(16)17/h6-8,14H,4-5H2,1-3H3. The molecule has 0 saturated carbocycles. The van der Waals surface area contributed by atoms with Gasteiger partial charge >= 0.3 is 6.61 Å². The van der Waals surface area contributed by atoms with Crippen molar-refractivity contribution in [1.29, 1.82) is 0 Å². The number of carbonyl (C=O) groups excluding carboxylic acids is 1. The molecule has 0 aromatic heterocycles. The first kappa shape index (κ1) is 15.5. The third-order valence-corrected chi connectivity index (χ3v) is 2.96. The third-order valence-electron chi connectivity index (χ3n) is 2.96. The van der Waals surface area contributed by atoms with Gasteiger partial charge in [-0.2, -0.15) is 8.78 Å². The minimum atomic E-state index is -3.07. The Balaban J connectivity index is 3.46. The van der Waals surface area contributed by atoms with Crippen LogP contribution >= 0.6 is 0 Å². The van der Waals surface area contributed by atoms with Crippen molar-refractivity contribution in [1.82, 2.24) is 0 Å². The smallest absolute Gasteiger partial charge is 0.387 e. The maximum Gasteiger partial charge on any atom is 0.387 e. The molecule has 0 radical (unpaired) electrons. The Morgan fingerprint density at radius 2 is 1.95 bits per heavy atom. The summed E-state index contributed by atoms with van der Waals surface area (Å²) in [6.07, 6.45) is 1.07. The van der Waals surface area contributed by atoms with Gasteiger partial charge in [-0.15, -0.1) is 0 Å². The lowest BCUT2D eigenvalue weighted by Crippen LogP contribution is -2.10. The third kappa shape index (κ3) is 3.49. The van der Waals surface area contributed by atoms with Gasteiger partial charge in [0.15, 0.2) is 11.6 Å². The summed E-state index contributed by atoms with van der Waals surface area (Å²) in [7, 11) is 0. The molecular formula is C14H17F3O2. The Morgan fingerprint density at radius 3 is 2.37 bits per heavy atom. The summed E-state index contributed by atoms with van der Waals surface area (Å²) < 4.78 is 42.8. The number of aldehydes is 1. The maximum atomic E-state index is 14.1. The van der Waals surface area contributed by atoms with E-state index >= 15 is 0 Å². The molecule has 0 atom stereocenters. The van der Waals surface area contributed by atoms with Gasteiger partial charge in [0, 0.05) is 6.42 Å². The van der Waals surface area contributed by atoms with Crippen LogP contribution in [0.4, 0.5) is 13.2 Å². The van der Waals surface area contributed by atoms with Crippen LogP contribution in [0.5, 0.6) is 5.75 Å². The van der Waals surface area contributed by atoms with Crippen LogP contribution in [0.1, 0.15) is 43.4 Å². The molecule has 0 N–H and O–H groups in total. The topological polar surface area (TPSA) is 26.3 Å². The van der Waals surface area contributed by atoms with Crippen molar-refractivity contribution in [3.63, 3.8) is 0 Å². The van der Waals surface area contributed by atoms with Crippen LogP contribution in [-0.2, 0) is 17.6 Å². The molecular weight excluding hydrogens is 257 g/mol. The van der Waals surface area contributed by atoms with Crippen LogP contribution in [0.2, 0.25) is 0 Å². The van der Waals surface area contributed by atoms with Crippen LogP contribution < -0.4 is 4.74 Å². The Labute approximate surface area is 110 Å². The Morgan fingerprint density at radius 1 is 1.32 bits per heavy atom. The fourth-order valence-electron chi connectivity index (χ4n) is 2.14. The highest BCUT2D eigenvalue weighted by Gasteiger charge is 2.21. The van der Waals surface area contributed by atoms with Crippen molar-refractivity contribution in [2.75, 3.05) is 0 Å². The lowest BCUT2D eigenvalue weighted by molar-refractivity contribution is -0.107. The van der Waals surface area contributed by atoms with Crippen molar-refractivity contribution >= 4 is 6.29 Å². The van der Waals surface area contributed by atoms with E-state index in [2.05, 4.69) is 4.74 Å². The second-order valence-electron chi connectivity index (χ2n) is 4.49. The molecule has 1 aromatic rings. The van der Waals surface area contributed by atoms with Gasteiger partial charge in [0.1, 0.15) is 6.29 Å². The second-order valence-corrected chi connectivity index (χ2v) is 4.49. The van der Waals surface area contributed by atoms with Crippen LogP contribution in [-0.4, -0.2) is 12.9 Å². The molecule has 1 rings (SSSR count). The Hall–Kier alpha value is -1.52. The minimum absolute atomic E-state index is 0.0131. The number of carbonyl (C=O) groups is 1. The zero-order valence-corrected chi connectivity index (χ0v) is 11.2. The molecule has 0 heterocycles. The van der Waals surface area contributed by atoms with E-state index < -0.39 is 18.2 Å². The van der Waals surface area contributed by atoms with Gasteiger partial charge in [-0.1, -0.05) is 20.8 Å². The average molecular weight is 274 g/mol. The Kier molecular flexibility index (Phi) is 5.39. The molecule has 0 unspecified atom stereocenters. The molecule has 0 aliphatic carbocycles. The predicted molar refractivity (Wildman–Crippen MR) is 66.3 cm³/mol. The number of hydrogen-bond acceptors (Lipinski definition) is 2. The van der Waals surface area contributed by atoms with Crippen molar-refractivity contribution in [2.45, 2.75) is 46.1 Å². The van der Waals surface area contributed by atoms with E-state index in [4.69, 9.17) is 0 Å². The van der Waals surface area contributed by atoms with Gasteiger partial charge in [0.2, 0.25) is 0 Å². The SMILES string of the molecule is CCc1c(F)c(OC(F)F)cc(C(C)C)c1CC=O. The molecule has 1 aromatic carbocycles. The molecule has 106 valence electrons. The number of benzene rings is 1. The van der Waals surface area contributed by atoms with Gasteiger partial charge in [0.25, 0.3) is 0 Å². The molecule has 5 heteroatoms. The van der Waals surface area contributed by atoms with Crippen molar-refractivity contribution < 1.29 is 22.7 Å². The molecule has 0 saturated heterocycles. The molecule has 0 aliphatic rings. The van der Waals surface area contributed by atoms with Crippen LogP contribution in [0, 0.1) is 5.82 Å². The van der Waals surface area contributed by atoms with E-state index in [0.29, 0.717) is 23.8 Å². The van der Waals surface area contributed by atoms with Crippen molar-refractivity contribution in [3.8, 4) is 5.75 Å². The van der Waals surface area contributed by atoms with Gasteiger partial charge in [-0.25, -0.2) is 4.39 Å². The molecule has 0 amide bonds. The highest BCUT2D eigenvalue weighted by atomic mass is 19.3. The predicted octanol–water partition coefficient (Wildman–Crippen LogP) is 3.85. The monoisotopic (exact) mass is 274 g/mol. The summed E-state index contributed by atoms with van der Waals surface area (Å²) in [4.78, 5) is 10.7. The molecule has 0 aliphatic heterocycles. The molecule has 0 fully saturated rings. The van der Waals surface area contributed by atoms with Crippen LogP contribution in [0.25, 0.3) is 0 Å². The van der Waals surface area contributed by atoms with Gasteiger partial charge in [-0.05, 0) is 35.1 Å². The van der Waals surface area contributed by atoms with Gasteiger partial charge in [-0.3, -0.25) is 0 Å². The lowest BCUT2D eigenvalue weighted by Gasteiger charge is -2.19. The average Bonchev–Trinajstić information content (AvgIpc) is 2.32. The molecule has 2 nitrogen and oxygen atoms in total. The number of alkyl halides is 2. The summed E-state index contributed by atoms with van der Waals surface area (Å²) >= 11 is 0. The molecule has 19 heavy (non-hydrogen) atoms. The normalized spacial score (nSPS) is 11.2. The maximum absolute atomic E-state index is 14.1. The summed E-state index contributed by atoms with van der Waals surface area (Å²) in [6, 6.07) is 1.27. The molecule has 0 spiro atoms. The van der Waals surface area contributed by atoms with Gasteiger partial charge < -0.3 is 9.53 Å². The fourth-order valence-corrected chi connectivity index (χ4v) is 2.14. The van der Waals surface area contributed by atoms with E-state index in [1.54, 1.807) is 6.92 Å². The number of halogens is 3. The summed E-state index contributed by atoms with van der Waals surface area (Å²) in [5.41, 5.74) is 1.52. The van der Waals surface area contributed by atoms with Crippen molar-refractivity contribution in [3.05, 3.63) is 28.6 Å². The van der Waals surface area contributed by atoms with E-state index in [1.807, 2.05) is 13.8 Å². The van der Waals surface area contributed by atoms with E-state index in [1.165, 1.54) is 6.07 Å². The fraction of sp³-hybridized carbons (Fsp3) is 0.500. The first-order valence-electron chi connectivity index (χ1n) is 6.14. The van der Waals surface area contributed by atoms with Crippen LogP contribution in [0.15, 0.2) is 6.07 Å². The lowest BCUT2D eigenvalue weighted by atomic mass is 9.90. The highest BCUT2D eigenvalue weighted by molar-refractivity contribution is 5.59. The van der Waals surface area contributed by atoms with Crippen LogP contribution in [0.3, 0.4) is 0 Å². The summed E-state index contributed by atoms with van der Waals surface area (Å²) in [5, 5.41) is 0. The quantitative estimate of drug-likeness (QED) is 0.736. The zero-order valence-electron chi connectivity index (χ0n) is 11.2. The summed E-state index contributed by atoms with van der Waals surface area (Å²) in [6.45, 7) is 2.35. The first-order valence-corrected chi connectivity index (χ1v) is 6.14. The second kappa shape index (κ2) is 6.59. The molecule has 0 bridgehead atoms. The van der Waals surface area contributed by atoms with Crippen molar-refractivity contribution in [2.24, 2.45) is 0 Å². The number of rotatable bonds is 6. The largest absolute Gasteiger partial charge is 0.432 e. The van der Waals surface area contributed by atoms with E-state index in [0.717, 1.165) is 0 Å². The minimum Gasteiger partial charge on any atom is -0.432 e. The zero-order chi connectivity index (χ0) is 14.6.